The van der Waals surface area contributed by atoms with Crippen molar-refractivity contribution in [3.63, 3.8) is 0 Å². The summed E-state index contributed by atoms with van der Waals surface area (Å²) in [5.74, 6) is 0.794. The fourth-order valence-electron chi connectivity index (χ4n) is 2.64. The smallest absolute Gasteiger partial charge is 0.322 e. The number of nitrogens with zero attached hydrogens (tertiary/aromatic N) is 3. The van der Waals surface area contributed by atoms with Crippen molar-refractivity contribution in [2.45, 2.75) is 31.3 Å². The number of hydrogen-bond donors (Lipinski definition) is 2. The van der Waals surface area contributed by atoms with Crippen LogP contribution in [-0.2, 0) is 16.6 Å². The molecule has 2 aromatic carbocycles. The molecule has 0 saturated carbocycles. The Balaban J connectivity index is 1.84. The summed E-state index contributed by atoms with van der Waals surface area (Å²) < 4.78 is 35.2. The van der Waals surface area contributed by atoms with Crippen LogP contribution in [0, 0.1) is 0 Å². The minimum atomic E-state index is -3.88. The maximum atomic E-state index is 12.7. The first-order chi connectivity index (χ1) is 13.7. The summed E-state index contributed by atoms with van der Waals surface area (Å²) in [4.78, 5) is -0.0162. The van der Waals surface area contributed by atoms with Gasteiger partial charge in [0.2, 0.25) is 10.0 Å². The summed E-state index contributed by atoms with van der Waals surface area (Å²) in [5, 5.41) is 18.0. The minimum Gasteiger partial charge on any atom is -0.508 e. The molecule has 0 aliphatic heterocycles. The van der Waals surface area contributed by atoms with Crippen molar-refractivity contribution >= 4 is 33.2 Å². The number of aromatic hydroxyl groups is 1. The zero-order chi connectivity index (χ0) is 21.2. The molecule has 8 nitrogen and oxygen atoms in total. The van der Waals surface area contributed by atoms with E-state index in [0.717, 1.165) is 0 Å². The highest BCUT2D eigenvalue weighted by Crippen LogP contribution is 2.27. The molecule has 1 heterocycles. The van der Waals surface area contributed by atoms with Crippen LogP contribution in [0.1, 0.15) is 25.7 Å². The van der Waals surface area contributed by atoms with Crippen molar-refractivity contribution < 1.29 is 18.3 Å². The van der Waals surface area contributed by atoms with Gasteiger partial charge >= 0.3 is 6.01 Å². The quantitative estimate of drug-likeness (QED) is 0.552. The second-order valence-electron chi connectivity index (χ2n) is 6.10. The first kappa shape index (κ1) is 21.4. The molecule has 0 radical (unpaired) electrons. The topological polar surface area (TPSA) is 106 Å². The van der Waals surface area contributed by atoms with E-state index in [2.05, 4.69) is 14.9 Å². The molecule has 0 aliphatic rings. The molecular formula is C18H18Cl2N4O4S. The third kappa shape index (κ3) is 4.81. The molecule has 1 atom stereocenters. The molecule has 29 heavy (non-hydrogen) atoms. The summed E-state index contributed by atoms with van der Waals surface area (Å²) in [6, 6.07) is 9.77. The minimum absolute atomic E-state index is 0.0162. The predicted molar refractivity (Wildman–Crippen MR) is 109 cm³/mol. The summed E-state index contributed by atoms with van der Waals surface area (Å²) >= 11 is 11.8. The molecule has 11 heteroatoms. The Hall–Kier alpha value is -2.33. The number of hydrogen-bond acceptors (Lipinski definition) is 6. The number of rotatable bonds is 7. The third-order valence-corrected chi connectivity index (χ3v) is 6.29. The van der Waals surface area contributed by atoms with Gasteiger partial charge in [-0.25, -0.2) is 13.1 Å². The van der Waals surface area contributed by atoms with E-state index in [1.54, 1.807) is 23.6 Å². The fraction of sp³-hybridized carbons (Fsp3) is 0.222. The van der Waals surface area contributed by atoms with Crippen LogP contribution in [0.3, 0.4) is 0 Å². The van der Waals surface area contributed by atoms with E-state index in [-0.39, 0.29) is 26.7 Å². The monoisotopic (exact) mass is 456 g/mol. The van der Waals surface area contributed by atoms with Crippen LogP contribution in [0.5, 0.6) is 17.5 Å². The summed E-state index contributed by atoms with van der Waals surface area (Å²) in [6.45, 7) is 3.93. The van der Waals surface area contributed by atoms with Gasteiger partial charge < -0.3 is 9.84 Å². The van der Waals surface area contributed by atoms with Crippen molar-refractivity contribution in [2.75, 3.05) is 0 Å². The molecule has 3 rings (SSSR count). The van der Waals surface area contributed by atoms with Crippen molar-refractivity contribution in [2.24, 2.45) is 0 Å². The van der Waals surface area contributed by atoms with Crippen molar-refractivity contribution in [1.29, 1.82) is 0 Å². The maximum Gasteiger partial charge on any atom is 0.322 e. The van der Waals surface area contributed by atoms with Crippen LogP contribution in [0.2, 0.25) is 10.0 Å². The standard InChI is InChI=1S/C18H18Cl2N4O4S/c1-3-24-17(21-22-18(24)28-13-6-4-5-12(25)9-13)11(2)23-29(26,27)14-7-8-15(19)16(20)10-14/h4-11,23,25H,3H2,1-2H3. The summed E-state index contributed by atoms with van der Waals surface area (Å²) in [7, 11) is -3.88. The lowest BCUT2D eigenvalue weighted by Gasteiger charge is -2.15. The SMILES string of the molecule is CCn1c(Oc2cccc(O)c2)nnc1C(C)NS(=O)(=O)c1ccc(Cl)c(Cl)c1. The second-order valence-corrected chi connectivity index (χ2v) is 8.63. The molecule has 3 aromatic rings. The molecule has 0 bridgehead atoms. The fourth-order valence-corrected chi connectivity index (χ4v) is 4.23. The number of sulfonamides is 1. The highest BCUT2D eigenvalue weighted by Gasteiger charge is 2.24. The predicted octanol–water partition coefficient (Wildman–Crippen LogP) is 4.14. The van der Waals surface area contributed by atoms with E-state index in [1.165, 1.54) is 30.3 Å². The average molecular weight is 457 g/mol. The van der Waals surface area contributed by atoms with Crippen molar-refractivity contribution in [3.05, 3.63) is 58.3 Å². The van der Waals surface area contributed by atoms with Gasteiger partial charge in [0.1, 0.15) is 11.5 Å². The zero-order valence-corrected chi connectivity index (χ0v) is 17.8. The lowest BCUT2D eigenvalue weighted by molar-refractivity contribution is 0.402. The molecule has 0 spiro atoms. The largest absolute Gasteiger partial charge is 0.508 e. The number of benzene rings is 2. The van der Waals surface area contributed by atoms with Crippen molar-refractivity contribution in [3.8, 4) is 17.5 Å². The number of phenols is 1. The average Bonchev–Trinajstić information content (AvgIpc) is 3.06. The molecule has 2 N–H and O–H groups in total. The van der Waals surface area contributed by atoms with Crippen LogP contribution in [0.25, 0.3) is 0 Å². The molecule has 1 unspecified atom stereocenters. The number of aromatic nitrogens is 3. The van der Waals surface area contributed by atoms with Crippen LogP contribution in [-0.4, -0.2) is 28.3 Å². The van der Waals surface area contributed by atoms with E-state index in [4.69, 9.17) is 27.9 Å². The Morgan fingerprint density at radius 2 is 1.93 bits per heavy atom. The van der Waals surface area contributed by atoms with Gasteiger partial charge in [-0.05, 0) is 44.2 Å². The van der Waals surface area contributed by atoms with E-state index in [1.807, 2.05) is 6.92 Å². The third-order valence-electron chi connectivity index (χ3n) is 4.01. The van der Waals surface area contributed by atoms with Gasteiger partial charge in [0.15, 0.2) is 5.82 Å². The van der Waals surface area contributed by atoms with Crippen LogP contribution >= 0.6 is 23.2 Å². The first-order valence-electron chi connectivity index (χ1n) is 8.58. The van der Waals surface area contributed by atoms with Crippen LogP contribution in [0.15, 0.2) is 47.4 Å². The van der Waals surface area contributed by atoms with E-state index < -0.39 is 16.1 Å². The van der Waals surface area contributed by atoms with Gasteiger partial charge in [-0.3, -0.25) is 4.57 Å². The normalized spacial score (nSPS) is 12.7. The van der Waals surface area contributed by atoms with Crippen LogP contribution < -0.4 is 9.46 Å². The van der Waals surface area contributed by atoms with E-state index in [0.29, 0.717) is 18.1 Å². The van der Waals surface area contributed by atoms with Crippen LogP contribution in [0.4, 0.5) is 0 Å². The number of halogens is 2. The van der Waals surface area contributed by atoms with Gasteiger partial charge in [0, 0.05) is 12.6 Å². The Bertz CT molecular complexity index is 1130. The first-order valence-corrected chi connectivity index (χ1v) is 10.8. The van der Waals surface area contributed by atoms with Crippen molar-refractivity contribution in [1.82, 2.24) is 19.5 Å². The molecule has 154 valence electrons. The van der Waals surface area contributed by atoms with E-state index >= 15 is 0 Å². The highest BCUT2D eigenvalue weighted by molar-refractivity contribution is 7.89. The molecular weight excluding hydrogens is 439 g/mol. The Labute approximate surface area is 178 Å². The summed E-state index contributed by atoms with van der Waals surface area (Å²) in [5.41, 5.74) is 0. The molecule has 0 fully saturated rings. The Morgan fingerprint density at radius 1 is 1.17 bits per heavy atom. The van der Waals surface area contributed by atoms with Gasteiger partial charge in [-0.1, -0.05) is 34.4 Å². The van der Waals surface area contributed by atoms with Gasteiger partial charge in [-0.15, -0.1) is 5.10 Å². The Kier molecular flexibility index (Phi) is 6.33. The summed E-state index contributed by atoms with van der Waals surface area (Å²) in [6.07, 6.45) is 0. The Morgan fingerprint density at radius 3 is 2.59 bits per heavy atom. The lowest BCUT2D eigenvalue weighted by Crippen LogP contribution is -2.29. The van der Waals surface area contributed by atoms with Gasteiger partial charge in [-0.2, -0.15) is 0 Å². The van der Waals surface area contributed by atoms with Gasteiger partial charge in [0.05, 0.1) is 21.0 Å². The zero-order valence-electron chi connectivity index (χ0n) is 15.5. The molecule has 1 aromatic heterocycles. The molecule has 0 saturated heterocycles. The second kappa shape index (κ2) is 8.58. The van der Waals surface area contributed by atoms with Gasteiger partial charge in [0.25, 0.3) is 0 Å². The number of ether oxygens (including phenoxy) is 1. The molecule has 0 aliphatic carbocycles. The molecule has 0 amide bonds. The highest BCUT2D eigenvalue weighted by atomic mass is 35.5. The number of phenolic OH excluding ortho intramolecular Hbond substituents is 1. The lowest BCUT2D eigenvalue weighted by atomic mass is 10.3. The number of nitrogens with one attached hydrogen (secondary N) is 1. The maximum absolute atomic E-state index is 12.7. The van der Waals surface area contributed by atoms with E-state index in [9.17, 15) is 13.5 Å².